The fourth-order valence-corrected chi connectivity index (χ4v) is 2.53. The third-order valence-corrected chi connectivity index (χ3v) is 4.11. The van der Waals surface area contributed by atoms with Gasteiger partial charge in [-0.05, 0) is 18.6 Å². The van der Waals surface area contributed by atoms with Gasteiger partial charge in [0.2, 0.25) is 6.04 Å². The summed E-state index contributed by atoms with van der Waals surface area (Å²) in [5.74, 6) is 0.0929. The second-order valence-corrected chi connectivity index (χ2v) is 5.75. The van der Waals surface area contributed by atoms with Crippen molar-refractivity contribution in [1.82, 2.24) is 0 Å². The monoisotopic (exact) mass is 344 g/mol. The van der Waals surface area contributed by atoms with E-state index in [-0.39, 0.29) is 17.3 Å². The molecule has 0 radical (unpaired) electrons. The second kappa shape index (κ2) is 7.74. The van der Waals surface area contributed by atoms with Crippen molar-refractivity contribution in [1.29, 1.82) is 0 Å². The van der Waals surface area contributed by atoms with Crippen LogP contribution >= 0.6 is 0 Å². The number of nitrogens with one attached hydrogen (secondary N) is 1. The Hall–Kier alpha value is -2.96. The first kappa shape index (κ1) is 18.4. The lowest BCUT2D eigenvalue weighted by Gasteiger charge is -2.13. The third-order valence-electron chi connectivity index (χ3n) is 4.11. The van der Waals surface area contributed by atoms with Crippen molar-refractivity contribution in [2.45, 2.75) is 33.2 Å². The Morgan fingerprint density at radius 3 is 2.68 bits per heavy atom. The van der Waals surface area contributed by atoms with E-state index in [1.165, 1.54) is 25.3 Å². The highest BCUT2D eigenvalue weighted by Gasteiger charge is 2.26. The predicted octanol–water partition coefficient (Wildman–Crippen LogP) is 2.96. The van der Waals surface area contributed by atoms with Gasteiger partial charge in [0.1, 0.15) is 5.75 Å². The summed E-state index contributed by atoms with van der Waals surface area (Å²) in [4.78, 5) is 23.1. The maximum Gasteiger partial charge on any atom is 0.293 e. The van der Waals surface area contributed by atoms with Crippen LogP contribution in [0.2, 0.25) is 0 Å². The summed E-state index contributed by atoms with van der Waals surface area (Å²) in [7, 11) is 1.45. The number of carbonyl (C=O) groups is 1. The Morgan fingerprint density at radius 2 is 2.08 bits per heavy atom. The van der Waals surface area contributed by atoms with Gasteiger partial charge in [-0.25, -0.2) is 0 Å². The second-order valence-electron chi connectivity index (χ2n) is 5.75. The summed E-state index contributed by atoms with van der Waals surface area (Å²) in [6, 6.07) is 7.62. The molecule has 0 aliphatic carbocycles. The molecule has 2 aromatic rings. The van der Waals surface area contributed by atoms with Crippen LogP contribution in [0.1, 0.15) is 31.1 Å². The van der Waals surface area contributed by atoms with E-state index in [0.29, 0.717) is 5.75 Å². The molecule has 1 aromatic carbocycles. The van der Waals surface area contributed by atoms with Crippen molar-refractivity contribution in [2.75, 3.05) is 12.4 Å². The zero-order chi connectivity index (χ0) is 18.6. The molecule has 0 spiro atoms. The summed E-state index contributed by atoms with van der Waals surface area (Å²) in [6.07, 6.45) is 2.82. The molecule has 0 aliphatic heterocycles. The number of methoxy groups -OCH3 is 1. The molecule has 1 N–H and O–H groups in total. The molecule has 7 nitrogen and oxygen atoms in total. The maximum absolute atomic E-state index is 12.7. The van der Waals surface area contributed by atoms with Crippen molar-refractivity contribution >= 4 is 17.3 Å². The fourth-order valence-electron chi connectivity index (χ4n) is 2.53. The molecule has 2 rings (SSSR count). The number of pyridine rings is 1. The summed E-state index contributed by atoms with van der Waals surface area (Å²) in [5, 5.41) is 13.7. The van der Waals surface area contributed by atoms with E-state index in [2.05, 4.69) is 5.32 Å². The highest BCUT2D eigenvalue weighted by molar-refractivity contribution is 5.94. The molecule has 1 atom stereocenters. The number of ether oxygens (including phenoxy) is 1. The average Bonchev–Trinajstić information content (AvgIpc) is 2.61. The number of nitro benzene ring substituents is 1. The summed E-state index contributed by atoms with van der Waals surface area (Å²) in [6.45, 7) is 5.76. The first-order chi connectivity index (χ1) is 11.9. The molecule has 0 fully saturated rings. The first-order valence-electron chi connectivity index (χ1n) is 8.01. The number of rotatable bonds is 6. The van der Waals surface area contributed by atoms with E-state index in [4.69, 9.17) is 4.74 Å². The van der Waals surface area contributed by atoms with Crippen molar-refractivity contribution in [3.05, 3.63) is 57.9 Å². The number of nitrogens with zero attached hydrogens (tertiary/aromatic N) is 2. The van der Waals surface area contributed by atoms with E-state index in [9.17, 15) is 14.9 Å². The molecular weight excluding hydrogens is 322 g/mol. The average molecular weight is 344 g/mol. The zero-order valence-electron chi connectivity index (χ0n) is 14.8. The lowest BCUT2D eigenvalue weighted by Crippen LogP contribution is -2.47. The number of anilines is 1. The molecule has 7 heteroatoms. The van der Waals surface area contributed by atoms with E-state index in [0.717, 1.165) is 17.7 Å². The normalized spacial score (nSPS) is 11.7. The van der Waals surface area contributed by atoms with E-state index in [1.54, 1.807) is 6.92 Å². The number of aromatic nitrogens is 1. The SMILES string of the molecule is CCc1ccc(C)[n+]([C@H](C)C(=O)Nc2cc([N+](=O)[O-])ccc2OC)c1. The molecule has 1 heterocycles. The molecule has 1 aromatic heterocycles. The molecule has 0 unspecified atom stereocenters. The van der Waals surface area contributed by atoms with Gasteiger partial charge in [0.05, 0.1) is 17.7 Å². The Kier molecular flexibility index (Phi) is 5.69. The summed E-state index contributed by atoms with van der Waals surface area (Å²) >= 11 is 0. The fraction of sp³-hybridized carbons (Fsp3) is 0.333. The largest absolute Gasteiger partial charge is 0.495 e. The minimum absolute atomic E-state index is 0.111. The van der Waals surface area contributed by atoms with Crippen LogP contribution in [-0.2, 0) is 11.2 Å². The van der Waals surface area contributed by atoms with Crippen LogP contribution in [0.15, 0.2) is 36.5 Å². The standard InChI is InChI=1S/C18H21N3O4/c1-5-14-7-6-12(2)20(11-14)13(3)18(22)19-16-10-15(21(23)24)8-9-17(16)25-4/h6-11,13H,5H2,1-4H3/p+1/t13-/m1/s1. The number of non-ortho nitro benzene ring substituents is 1. The summed E-state index contributed by atoms with van der Waals surface area (Å²) in [5.41, 5.74) is 2.24. The minimum Gasteiger partial charge on any atom is -0.495 e. The third kappa shape index (κ3) is 4.12. The predicted molar refractivity (Wildman–Crippen MR) is 93.7 cm³/mol. The molecule has 0 aliphatic rings. The highest BCUT2D eigenvalue weighted by Crippen LogP contribution is 2.29. The van der Waals surface area contributed by atoms with Crippen LogP contribution in [0.25, 0.3) is 0 Å². The topological polar surface area (TPSA) is 85.3 Å². The Balaban J connectivity index is 2.30. The van der Waals surface area contributed by atoms with Gasteiger partial charge in [0, 0.05) is 37.6 Å². The van der Waals surface area contributed by atoms with Crippen LogP contribution < -0.4 is 14.6 Å². The van der Waals surface area contributed by atoms with Gasteiger partial charge in [0.25, 0.3) is 11.6 Å². The van der Waals surface area contributed by atoms with Crippen molar-refractivity contribution in [3.8, 4) is 5.75 Å². The molecule has 0 bridgehead atoms. The Morgan fingerprint density at radius 1 is 1.36 bits per heavy atom. The number of benzene rings is 1. The summed E-state index contributed by atoms with van der Waals surface area (Å²) < 4.78 is 7.07. The van der Waals surface area contributed by atoms with Gasteiger partial charge in [-0.15, -0.1) is 0 Å². The van der Waals surface area contributed by atoms with Crippen LogP contribution in [0, 0.1) is 17.0 Å². The molecule has 0 saturated carbocycles. The zero-order valence-corrected chi connectivity index (χ0v) is 14.8. The van der Waals surface area contributed by atoms with E-state index < -0.39 is 11.0 Å². The van der Waals surface area contributed by atoms with Crippen LogP contribution in [0.3, 0.4) is 0 Å². The van der Waals surface area contributed by atoms with Crippen molar-refractivity contribution < 1.29 is 19.0 Å². The number of aryl methyl sites for hydroxylation is 2. The number of nitro groups is 1. The van der Waals surface area contributed by atoms with Gasteiger partial charge in [-0.3, -0.25) is 14.9 Å². The van der Waals surface area contributed by atoms with Crippen molar-refractivity contribution in [2.24, 2.45) is 0 Å². The van der Waals surface area contributed by atoms with Gasteiger partial charge in [-0.2, -0.15) is 4.57 Å². The first-order valence-corrected chi connectivity index (χ1v) is 8.01. The number of amides is 1. The van der Waals surface area contributed by atoms with Gasteiger partial charge >= 0.3 is 0 Å². The van der Waals surface area contributed by atoms with E-state index in [1.807, 2.05) is 36.7 Å². The van der Waals surface area contributed by atoms with Crippen molar-refractivity contribution in [3.63, 3.8) is 0 Å². The molecule has 132 valence electrons. The molecule has 25 heavy (non-hydrogen) atoms. The van der Waals surface area contributed by atoms with Gasteiger partial charge in [0.15, 0.2) is 11.9 Å². The van der Waals surface area contributed by atoms with Crippen LogP contribution in [0.5, 0.6) is 5.75 Å². The van der Waals surface area contributed by atoms with E-state index >= 15 is 0 Å². The lowest BCUT2D eigenvalue weighted by atomic mass is 10.1. The van der Waals surface area contributed by atoms with Crippen LogP contribution in [-0.4, -0.2) is 17.9 Å². The Bertz CT molecular complexity index is 805. The Labute approximate surface area is 146 Å². The van der Waals surface area contributed by atoms with Gasteiger partial charge in [-0.1, -0.05) is 6.92 Å². The minimum atomic E-state index is -0.512. The molecular formula is C18H22N3O4+. The van der Waals surface area contributed by atoms with Gasteiger partial charge < -0.3 is 10.1 Å². The lowest BCUT2D eigenvalue weighted by molar-refractivity contribution is -0.711. The smallest absolute Gasteiger partial charge is 0.293 e. The van der Waals surface area contributed by atoms with Crippen LogP contribution in [0.4, 0.5) is 11.4 Å². The molecule has 1 amide bonds. The quantitative estimate of drug-likeness (QED) is 0.496. The maximum atomic E-state index is 12.7. The number of carbonyl (C=O) groups excluding carboxylic acids is 1. The number of hydrogen-bond donors (Lipinski definition) is 1. The molecule has 0 saturated heterocycles. The number of hydrogen-bond acceptors (Lipinski definition) is 4. The highest BCUT2D eigenvalue weighted by atomic mass is 16.6.